The summed E-state index contributed by atoms with van der Waals surface area (Å²) in [4.78, 5) is 0. The lowest BCUT2D eigenvalue weighted by Crippen LogP contribution is -2.55. The first-order valence-corrected chi connectivity index (χ1v) is 5.91. The largest absolute Gasteiger partial charge is 0.387 e. The molecule has 0 radical (unpaired) electrons. The van der Waals surface area contributed by atoms with Crippen molar-refractivity contribution in [2.75, 3.05) is 0 Å². The highest BCUT2D eigenvalue weighted by Crippen LogP contribution is 2.25. The average molecular weight is 256 g/mol. The molecule has 5 heteroatoms. The van der Waals surface area contributed by atoms with E-state index in [1.54, 1.807) is 6.92 Å². The van der Waals surface area contributed by atoms with Gasteiger partial charge in [0.15, 0.2) is 12.5 Å². The molecule has 1 aromatic rings. The van der Waals surface area contributed by atoms with Gasteiger partial charge in [-0.3, -0.25) is 0 Å². The molecule has 2 N–H and O–H groups in total. The van der Waals surface area contributed by atoms with Crippen molar-refractivity contribution in [2.24, 2.45) is 0 Å². The van der Waals surface area contributed by atoms with Crippen molar-refractivity contribution in [3.05, 3.63) is 35.9 Å². The highest BCUT2D eigenvalue weighted by Gasteiger charge is 2.43. The summed E-state index contributed by atoms with van der Waals surface area (Å²) in [7, 11) is 0. The first kappa shape index (κ1) is 13.4. The molecule has 5 atom stereocenters. The van der Waals surface area contributed by atoms with Crippen LogP contribution in [-0.4, -0.2) is 41.0 Å². The predicted octanol–water partition coefficient (Wildman–Crippen LogP) is 1.01. The number of rotatable bonds is 3. The fourth-order valence-electron chi connectivity index (χ4n) is 2.00. The summed E-state index contributed by atoms with van der Waals surface area (Å²) in [5, 5.41) is 18.9. The van der Waals surface area contributed by atoms with Gasteiger partial charge in [-0.25, -0.2) is 4.39 Å². The van der Waals surface area contributed by atoms with Crippen molar-refractivity contribution < 1.29 is 24.1 Å². The summed E-state index contributed by atoms with van der Waals surface area (Å²) in [5.74, 6) is 0. The second-order valence-corrected chi connectivity index (χ2v) is 4.43. The highest BCUT2D eigenvalue weighted by atomic mass is 19.1. The molecule has 100 valence electrons. The molecular weight excluding hydrogens is 239 g/mol. The summed E-state index contributed by atoms with van der Waals surface area (Å²) in [6, 6.07) is 9.39. The number of halogens is 1. The first-order valence-electron chi connectivity index (χ1n) is 5.91. The van der Waals surface area contributed by atoms with E-state index in [0.717, 1.165) is 5.56 Å². The normalized spacial score (nSPS) is 36.6. The van der Waals surface area contributed by atoms with Crippen LogP contribution in [-0.2, 0) is 16.1 Å². The van der Waals surface area contributed by atoms with Gasteiger partial charge in [-0.15, -0.1) is 0 Å². The second-order valence-electron chi connectivity index (χ2n) is 4.43. The third kappa shape index (κ3) is 2.87. The average Bonchev–Trinajstić information content (AvgIpc) is 2.37. The van der Waals surface area contributed by atoms with Crippen LogP contribution < -0.4 is 0 Å². The Morgan fingerprint density at radius 2 is 1.94 bits per heavy atom. The fraction of sp³-hybridized carbons (Fsp3) is 0.538. The molecule has 0 amide bonds. The maximum Gasteiger partial charge on any atom is 0.189 e. The van der Waals surface area contributed by atoms with E-state index in [-0.39, 0.29) is 6.61 Å². The molecule has 18 heavy (non-hydrogen) atoms. The van der Waals surface area contributed by atoms with Crippen molar-refractivity contribution in [3.63, 3.8) is 0 Å². The molecule has 0 saturated carbocycles. The van der Waals surface area contributed by atoms with E-state index in [0.29, 0.717) is 0 Å². The van der Waals surface area contributed by atoms with Crippen LogP contribution in [0.1, 0.15) is 12.5 Å². The quantitative estimate of drug-likeness (QED) is 0.847. The molecule has 0 aromatic heterocycles. The van der Waals surface area contributed by atoms with E-state index in [4.69, 9.17) is 9.47 Å². The monoisotopic (exact) mass is 256 g/mol. The molecule has 1 aromatic carbocycles. The molecule has 1 aliphatic rings. The van der Waals surface area contributed by atoms with Gasteiger partial charge in [0.1, 0.15) is 12.2 Å². The number of aliphatic hydroxyl groups excluding tert-OH is 2. The highest BCUT2D eigenvalue weighted by molar-refractivity contribution is 5.13. The third-order valence-corrected chi connectivity index (χ3v) is 3.04. The molecule has 0 aliphatic carbocycles. The lowest BCUT2D eigenvalue weighted by molar-refractivity contribution is -0.271. The summed E-state index contributed by atoms with van der Waals surface area (Å²) >= 11 is 0. The van der Waals surface area contributed by atoms with Gasteiger partial charge in [0.2, 0.25) is 0 Å². The summed E-state index contributed by atoms with van der Waals surface area (Å²) in [6.45, 7) is 1.90. The van der Waals surface area contributed by atoms with Crippen LogP contribution in [0.4, 0.5) is 4.39 Å². The topological polar surface area (TPSA) is 58.9 Å². The molecule has 1 fully saturated rings. The van der Waals surface area contributed by atoms with Gasteiger partial charge in [-0.2, -0.15) is 0 Å². The van der Waals surface area contributed by atoms with Crippen molar-refractivity contribution in [2.45, 2.75) is 44.3 Å². The van der Waals surface area contributed by atoms with E-state index in [9.17, 15) is 14.6 Å². The van der Waals surface area contributed by atoms with Crippen molar-refractivity contribution >= 4 is 0 Å². The molecule has 0 spiro atoms. The molecular formula is C13H17FO4. The smallest absolute Gasteiger partial charge is 0.189 e. The molecule has 1 heterocycles. The van der Waals surface area contributed by atoms with Gasteiger partial charge in [-0.1, -0.05) is 30.3 Å². The Labute approximate surface area is 105 Å². The summed E-state index contributed by atoms with van der Waals surface area (Å²) < 4.78 is 23.9. The fourth-order valence-corrected chi connectivity index (χ4v) is 2.00. The summed E-state index contributed by atoms with van der Waals surface area (Å²) in [5.41, 5.74) is 0.929. The number of alkyl halides is 1. The van der Waals surface area contributed by atoms with Crippen LogP contribution >= 0.6 is 0 Å². The number of ether oxygens (including phenoxy) is 2. The Morgan fingerprint density at radius 1 is 1.28 bits per heavy atom. The Bertz CT molecular complexity index is 373. The van der Waals surface area contributed by atoms with Gasteiger partial charge in [0.05, 0.1) is 12.7 Å². The van der Waals surface area contributed by atoms with Gasteiger partial charge >= 0.3 is 0 Å². The number of benzene rings is 1. The van der Waals surface area contributed by atoms with Crippen LogP contribution in [0.5, 0.6) is 0 Å². The van der Waals surface area contributed by atoms with Gasteiger partial charge in [0, 0.05) is 0 Å². The Balaban J connectivity index is 1.96. The molecule has 1 aliphatic heterocycles. The minimum Gasteiger partial charge on any atom is -0.387 e. The Morgan fingerprint density at radius 3 is 2.61 bits per heavy atom. The zero-order chi connectivity index (χ0) is 13.1. The maximum absolute atomic E-state index is 13.4. The standard InChI is InChI=1S/C13H17FO4/c1-8-12(11(15)10(14)13(16)18-8)17-7-9-5-3-2-4-6-9/h2-6,8,10-13,15-16H,7H2,1H3/t8-,10+,11+,12+,13+/m0/s1. The lowest BCUT2D eigenvalue weighted by atomic mass is 10.0. The van der Waals surface area contributed by atoms with Crippen LogP contribution in [0.2, 0.25) is 0 Å². The van der Waals surface area contributed by atoms with Gasteiger partial charge in [-0.05, 0) is 12.5 Å². The Kier molecular flexibility index (Phi) is 4.29. The molecule has 1 saturated heterocycles. The zero-order valence-electron chi connectivity index (χ0n) is 10.1. The van der Waals surface area contributed by atoms with Gasteiger partial charge in [0.25, 0.3) is 0 Å². The first-order chi connectivity index (χ1) is 8.59. The molecule has 2 rings (SSSR count). The van der Waals surface area contributed by atoms with Crippen molar-refractivity contribution in [1.82, 2.24) is 0 Å². The van der Waals surface area contributed by atoms with Crippen LogP contribution in [0.3, 0.4) is 0 Å². The number of hydrogen-bond acceptors (Lipinski definition) is 4. The van der Waals surface area contributed by atoms with E-state index in [1.165, 1.54) is 0 Å². The SMILES string of the molecule is C[C@@H]1O[C@@H](O)[C@H](F)[C@@H](O)[C@@H]1OCc1ccccc1. The molecule has 0 unspecified atom stereocenters. The van der Waals surface area contributed by atoms with Crippen molar-refractivity contribution in [3.8, 4) is 0 Å². The van der Waals surface area contributed by atoms with Crippen LogP contribution in [0, 0.1) is 0 Å². The van der Waals surface area contributed by atoms with Crippen LogP contribution in [0.15, 0.2) is 30.3 Å². The zero-order valence-corrected chi connectivity index (χ0v) is 10.1. The van der Waals surface area contributed by atoms with E-state index in [2.05, 4.69) is 0 Å². The van der Waals surface area contributed by atoms with E-state index >= 15 is 0 Å². The van der Waals surface area contributed by atoms with Gasteiger partial charge < -0.3 is 19.7 Å². The summed E-state index contributed by atoms with van der Waals surface area (Å²) in [6.07, 6.45) is -6.17. The maximum atomic E-state index is 13.4. The Hall–Kier alpha value is -1.01. The van der Waals surface area contributed by atoms with E-state index in [1.807, 2.05) is 30.3 Å². The number of aliphatic hydroxyl groups is 2. The molecule has 4 nitrogen and oxygen atoms in total. The van der Waals surface area contributed by atoms with Crippen LogP contribution in [0.25, 0.3) is 0 Å². The predicted molar refractivity (Wildman–Crippen MR) is 62.5 cm³/mol. The third-order valence-electron chi connectivity index (χ3n) is 3.04. The lowest BCUT2D eigenvalue weighted by Gasteiger charge is -2.38. The van der Waals surface area contributed by atoms with Crippen molar-refractivity contribution in [1.29, 1.82) is 0 Å². The minimum absolute atomic E-state index is 0.263. The molecule has 0 bridgehead atoms. The number of hydrogen-bond donors (Lipinski definition) is 2. The minimum atomic E-state index is -1.85. The second kappa shape index (κ2) is 5.75. The van der Waals surface area contributed by atoms with E-state index < -0.39 is 30.8 Å².